The highest BCUT2D eigenvalue weighted by molar-refractivity contribution is 6.22. The number of imide groups is 1. The number of carbonyl (C=O) groups is 2. The molecule has 3 heterocycles. The van der Waals surface area contributed by atoms with Gasteiger partial charge in [0.25, 0.3) is 5.91 Å². The van der Waals surface area contributed by atoms with Crippen molar-refractivity contribution in [2.24, 2.45) is 5.41 Å². The fraction of sp³-hybridized carbons (Fsp3) is 0.429. The Balaban J connectivity index is 1.53. The first-order valence-corrected chi connectivity index (χ1v) is 9.47. The van der Waals surface area contributed by atoms with Gasteiger partial charge in [0.1, 0.15) is 11.3 Å². The molecule has 8 nitrogen and oxygen atoms in total. The minimum absolute atomic E-state index is 0.00705. The number of nitrogens with zero attached hydrogens (tertiary/aromatic N) is 3. The average molecular weight is 396 g/mol. The Hall–Kier alpha value is -3.00. The second kappa shape index (κ2) is 6.52. The lowest BCUT2D eigenvalue weighted by Gasteiger charge is -2.26. The molecule has 0 radical (unpaired) electrons. The molecule has 0 bridgehead atoms. The van der Waals surface area contributed by atoms with Gasteiger partial charge in [0.15, 0.2) is 0 Å². The van der Waals surface area contributed by atoms with Crippen molar-refractivity contribution in [3.63, 3.8) is 0 Å². The summed E-state index contributed by atoms with van der Waals surface area (Å²) in [6.07, 6.45) is 2.79. The molecule has 2 aromatic rings. The van der Waals surface area contributed by atoms with Crippen LogP contribution >= 0.6 is 0 Å². The Morgan fingerprint density at radius 3 is 2.48 bits per heavy atom. The van der Waals surface area contributed by atoms with E-state index >= 15 is 0 Å². The first-order valence-electron chi connectivity index (χ1n) is 9.47. The van der Waals surface area contributed by atoms with Crippen molar-refractivity contribution in [1.82, 2.24) is 15.3 Å². The monoisotopic (exact) mass is 396 g/mol. The van der Waals surface area contributed by atoms with Gasteiger partial charge in [0, 0.05) is 0 Å². The zero-order valence-electron chi connectivity index (χ0n) is 17.1. The van der Waals surface area contributed by atoms with Gasteiger partial charge >= 0.3 is 12.0 Å². The lowest BCUT2D eigenvalue weighted by molar-refractivity contribution is -0.121. The number of amides is 3. The number of urea groups is 1. The maximum Gasteiger partial charge on any atom is 0.329 e. The molecule has 152 valence electrons. The van der Waals surface area contributed by atoms with Crippen LogP contribution in [0, 0.1) is 5.41 Å². The fourth-order valence-corrected chi connectivity index (χ4v) is 3.56. The van der Waals surface area contributed by atoms with Crippen molar-refractivity contribution >= 4 is 17.6 Å². The third-order valence-corrected chi connectivity index (χ3v) is 5.03. The highest BCUT2D eigenvalue weighted by Crippen LogP contribution is 2.44. The van der Waals surface area contributed by atoms with Crippen LogP contribution in [0.1, 0.15) is 51.8 Å². The van der Waals surface area contributed by atoms with Crippen LogP contribution in [-0.2, 0) is 16.1 Å². The number of anilines is 1. The number of ether oxygens (including phenoxy) is 2. The van der Waals surface area contributed by atoms with Gasteiger partial charge < -0.3 is 14.8 Å². The minimum atomic E-state index is -0.956. The molecule has 4 rings (SSSR count). The number of nitrogens with one attached hydrogen (secondary N) is 1. The fourth-order valence-electron chi connectivity index (χ4n) is 3.56. The van der Waals surface area contributed by atoms with Crippen molar-refractivity contribution in [3.8, 4) is 11.8 Å². The molecule has 1 N–H and O–H groups in total. The number of aromatic nitrogens is 2. The lowest BCUT2D eigenvalue weighted by Crippen LogP contribution is -2.40. The Kier molecular flexibility index (Phi) is 4.34. The van der Waals surface area contributed by atoms with Crippen LogP contribution in [0.3, 0.4) is 0 Å². The summed E-state index contributed by atoms with van der Waals surface area (Å²) in [6.45, 7) is 10.3. The number of hydrogen-bond donors (Lipinski definition) is 1. The number of hydrogen-bond acceptors (Lipinski definition) is 6. The summed E-state index contributed by atoms with van der Waals surface area (Å²) in [5.41, 5.74) is 1.56. The number of rotatable bonds is 3. The molecule has 29 heavy (non-hydrogen) atoms. The molecule has 1 saturated heterocycles. The van der Waals surface area contributed by atoms with Gasteiger partial charge in [-0.05, 0) is 42.5 Å². The summed E-state index contributed by atoms with van der Waals surface area (Å²) in [7, 11) is 0. The third-order valence-electron chi connectivity index (χ3n) is 5.03. The maximum atomic E-state index is 12.4. The molecule has 0 saturated carbocycles. The summed E-state index contributed by atoms with van der Waals surface area (Å²) in [4.78, 5) is 33.8. The third kappa shape index (κ3) is 3.44. The molecule has 1 fully saturated rings. The quantitative estimate of drug-likeness (QED) is 0.795. The smallest absolute Gasteiger partial charge is 0.329 e. The summed E-state index contributed by atoms with van der Waals surface area (Å²) >= 11 is 0. The molecule has 1 aromatic heterocycles. The van der Waals surface area contributed by atoms with Crippen LogP contribution in [0.25, 0.3) is 0 Å². The van der Waals surface area contributed by atoms with Crippen LogP contribution in [0.5, 0.6) is 11.8 Å². The van der Waals surface area contributed by atoms with Crippen molar-refractivity contribution in [1.29, 1.82) is 0 Å². The van der Waals surface area contributed by atoms with Gasteiger partial charge in [-0.3, -0.25) is 4.79 Å². The first-order chi connectivity index (χ1) is 13.6. The molecule has 0 aliphatic carbocycles. The molecular weight excluding hydrogens is 372 g/mol. The van der Waals surface area contributed by atoms with Crippen molar-refractivity contribution in [2.75, 3.05) is 4.90 Å². The topological polar surface area (TPSA) is 93.7 Å². The molecule has 3 amide bonds. The van der Waals surface area contributed by atoms with E-state index in [-0.39, 0.29) is 23.4 Å². The second-order valence-corrected chi connectivity index (χ2v) is 8.94. The zero-order chi connectivity index (χ0) is 21.0. The highest BCUT2D eigenvalue weighted by atomic mass is 16.5. The molecule has 1 atom stereocenters. The van der Waals surface area contributed by atoms with E-state index in [4.69, 9.17) is 9.47 Å². The average Bonchev–Trinajstić information content (AvgIpc) is 3.14. The minimum Gasteiger partial charge on any atom is -0.424 e. The molecule has 2 aliphatic rings. The van der Waals surface area contributed by atoms with Gasteiger partial charge in [-0.2, -0.15) is 0 Å². The second-order valence-electron chi connectivity index (χ2n) is 8.94. The van der Waals surface area contributed by atoms with Gasteiger partial charge in [0.05, 0.1) is 30.8 Å². The maximum absolute atomic E-state index is 12.4. The van der Waals surface area contributed by atoms with E-state index in [1.54, 1.807) is 13.8 Å². The van der Waals surface area contributed by atoms with Crippen molar-refractivity contribution in [3.05, 3.63) is 41.7 Å². The van der Waals surface area contributed by atoms with Crippen LogP contribution in [0.4, 0.5) is 10.5 Å². The van der Waals surface area contributed by atoms with Crippen LogP contribution in [0.15, 0.2) is 30.6 Å². The highest BCUT2D eigenvalue weighted by Gasteiger charge is 2.45. The Morgan fingerprint density at radius 1 is 1.21 bits per heavy atom. The SMILES string of the molecule is CC1(C)NC(=O)N(c2cnc(Oc3ccc4c(c3)[C@@H](C(C)(C)C)OC4)nc2)C1=O. The zero-order valence-corrected chi connectivity index (χ0v) is 17.1. The van der Waals surface area contributed by atoms with E-state index in [2.05, 4.69) is 36.1 Å². The van der Waals surface area contributed by atoms with Crippen LogP contribution in [0.2, 0.25) is 0 Å². The van der Waals surface area contributed by atoms with E-state index in [0.717, 1.165) is 16.0 Å². The standard InChI is InChI=1S/C21H24N4O4/c1-20(2,3)16-15-8-14(7-6-12(15)11-28-16)29-18-22-9-13(10-23-18)25-17(26)21(4,5)24-19(25)27/h6-10,16H,11H2,1-5H3,(H,24,27)/t16-/m0/s1. The van der Waals surface area contributed by atoms with Gasteiger partial charge in [-0.25, -0.2) is 19.7 Å². The largest absolute Gasteiger partial charge is 0.424 e. The Labute approximate surface area is 169 Å². The molecule has 0 unspecified atom stereocenters. The number of carbonyl (C=O) groups excluding carboxylic acids is 2. The number of benzene rings is 1. The summed E-state index contributed by atoms with van der Waals surface area (Å²) in [5, 5.41) is 2.62. The van der Waals surface area contributed by atoms with Crippen molar-refractivity contribution in [2.45, 2.75) is 52.9 Å². The van der Waals surface area contributed by atoms with E-state index in [1.807, 2.05) is 18.2 Å². The predicted octanol–water partition coefficient (Wildman–Crippen LogP) is 3.72. The van der Waals surface area contributed by atoms with Crippen molar-refractivity contribution < 1.29 is 19.1 Å². The first kappa shape index (κ1) is 19.3. The number of fused-ring (bicyclic) bond motifs is 1. The molecule has 2 aliphatic heterocycles. The molecule has 8 heteroatoms. The summed E-state index contributed by atoms with van der Waals surface area (Å²) < 4.78 is 11.7. The van der Waals surface area contributed by atoms with Crippen LogP contribution < -0.4 is 15.0 Å². The normalized spacial score (nSPS) is 20.6. The van der Waals surface area contributed by atoms with Gasteiger partial charge in [0.2, 0.25) is 0 Å². The molecule has 0 spiro atoms. The summed E-state index contributed by atoms with van der Waals surface area (Å²) in [6, 6.07) is 5.43. The Bertz CT molecular complexity index is 979. The van der Waals surface area contributed by atoms with E-state index in [0.29, 0.717) is 18.0 Å². The molecule has 1 aromatic carbocycles. The van der Waals surface area contributed by atoms with E-state index in [1.165, 1.54) is 12.4 Å². The van der Waals surface area contributed by atoms with E-state index < -0.39 is 11.6 Å². The van der Waals surface area contributed by atoms with Gasteiger partial charge in [-0.1, -0.05) is 26.8 Å². The van der Waals surface area contributed by atoms with Gasteiger partial charge in [-0.15, -0.1) is 0 Å². The predicted molar refractivity (Wildman–Crippen MR) is 106 cm³/mol. The molecular formula is C21H24N4O4. The lowest BCUT2D eigenvalue weighted by atomic mass is 9.84. The Morgan fingerprint density at radius 2 is 1.90 bits per heavy atom. The van der Waals surface area contributed by atoms with Crippen LogP contribution in [-0.4, -0.2) is 27.4 Å². The van der Waals surface area contributed by atoms with E-state index in [9.17, 15) is 9.59 Å². The summed E-state index contributed by atoms with van der Waals surface area (Å²) in [5.74, 6) is 0.249.